The normalized spacial score (nSPS) is 60.8. The third-order valence-electron chi connectivity index (χ3n) is 11.4. The maximum Gasteiger partial charge on any atom is 0.201 e. The number of hydrogen-bond donors (Lipinski definition) is 8. The van der Waals surface area contributed by atoms with Crippen LogP contribution >= 0.6 is 0 Å². The van der Waals surface area contributed by atoms with E-state index < -0.39 is 83.6 Å². The summed E-state index contributed by atoms with van der Waals surface area (Å²) >= 11 is 0. The van der Waals surface area contributed by atoms with Crippen LogP contribution in [0.5, 0.6) is 0 Å². The lowest BCUT2D eigenvalue weighted by molar-refractivity contribution is -0.463. The fraction of sp³-hybridized carbons (Fsp3) is 0.923. The highest BCUT2D eigenvalue weighted by molar-refractivity contribution is 5.34. The van der Waals surface area contributed by atoms with Gasteiger partial charge in [-0.3, -0.25) is 0 Å². The number of ether oxygens (including phenoxy) is 3. The molecular weight excluding hydrogens is 488 g/mol. The van der Waals surface area contributed by atoms with Crippen molar-refractivity contribution in [3.8, 4) is 0 Å². The zero-order valence-corrected chi connectivity index (χ0v) is 21.0. The molecule has 3 aliphatic heterocycles. The van der Waals surface area contributed by atoms with Gasteiger partial charge in [-0.25, -0.2) is 0 Å². The molecular formula is C26H40O11. The van der Waals surface area contributed by atoms with Gasteiger partial charge in [-0.15, -0.1) is 0 Å². The third-order valence-corrected chi connectivity index (χ3v) is 11.4. The standard InChI is InChI=1S/C26H40O11/c1-11-12-3-4-14-24-6-5-15(28)23(2,9-35-22-18(31)17(30)16(29)13(8-27)37-22)19(24)21(33)26(34,36-10-24)25(14,7-12)20(11)32/h12-22,27-34H,1,3-10H2,2H3/t12-,13-,14-,15+,16-,17+,18-,19-,20-,21+,22-,23-,24-,25+,26-/m1/s1. The molecule has 210 valence electrons. The Morgan fingerprint density at radius 2 is 1.76 bits per heavy atom. The summed E-state index contributed by atoms with van der Waals surface area (Å²) in [5.41, 5.74) is -2.17. The molecule has 4 bridgehead atoms. The van der Waals surface area contributed by atoms with Crippen molar-refractivity contribution in [3.05, 3.63) is 12.2 Å². The first-order chi connectivity index (χ1) is 17.4. The lowest BCUT2D eigenvalue weighted by Crippen LogP contribution is -2.83. The largest absolute Gasteiger partial charge is 0.394 e. The zero-order chi connectivity index (χ0) is 26.7. The van der Waals surface area contributed by atoms with Gasteiger partial charge in [-0.2, -0.15) is 0 Å². The van der Waals surface area contributed by atoms with Crippen LogP contribution in [-0.4, -0.2) is 115 Å². The summed E-state index contributed by atoms with van der Waals surface area (Å²) in [5, 5.41) is 86.8. The molecule has 0 radical (unpaired) electrons. The molecule has 7 aliphatic rings. The minimum Gasteiger partial charge on any atom is -0.394 e. The fourth-order valence-corrected chi connectivity index (χ4v) is 9.54. The molecule has 0 unspecified atom stereocenters. The minimum absolute atomic E-state index is 0.0513. The van der Waals surface area contributed by atoms with Gasteiger partial charge in [0.25, 0.3) is 0 Å². The summed E-state index contributed by atoms with van der Waals surface area (Å²) in [5.74, 6) is -2.82. The first-order valence-corrected chi connectivity index (χ1v) is 13.4. The Morgan fingerprint density at radius 3 is 2.46 bits per heavy atom. The molecule has 8 N–H and O–H groups in total. The van der Waals surface area contributed by atoms with Crippen LogP contribution in [0.4, 0.5) is 0 Å². The topological polar surface area (TPSA) is 190 Å². The van der Waals surface area contributed by atoms with Crippen molar-refractivity contribution in [2.24, 2.45) is 34.0 Å². The van der Waals surface area contributed by atoms with Crippen LogP contribution in [0.1, 0.15) is 39.0 Å². The fourth-order valence-electron chi connectivity index (χ4n) is 9.54. The van der Waals surface area contributed by atoms with Gasteiger partial charge in [0.1, 0.15) is 30.5 Å². The zero-order valence-electron chi connectivity index (χ0n) is 21.0. The van der Waals surface area contributed by atoms with E-state index in [1.165, 1.54) is 0 Å². The predicted molar refractivity (Wildman–Crippen MR) is 124 cm³/mol. The van der Waals surface area contributed by atoms with Gasteiger partial charge < -0.3 is 55.1 Å². The summed E-state index contributed by atoms with van der Waals surface area (Å²) in [6.45, 7) is 5.24. The van der Waals surface area contributed by atoms with Gasteiger partial charge in [-0.1, -0.05) is 13.5 Å². The molecule has 4 aliphatic carbocycles. The molecule has 37 heavy (non-hydrogen) atoms. The molecule has 0 aromatic carbocycles. The van der Waals surface area contributed by atoms with Gasteiger partial charge in [0.2, 0.25) is 5.79 Å². The van der Waals surface area contributed by atoms with Gasteiger partial charge >= 0.3 is 0 Å². The highest BCUT2D eigenvalue weighted by Crippen LogP contribution is 2.77. The molecule has 11 nitrogen and oxygen atoms in total. The number of fused-ring (bicyclic) bond motifs is 2. The molecule has 7 rings (SSSR count). The van der Waals surface area contributed by atoms with E-state index in [1.54, 1.807) is 6.92 Å². The Kier molecular flexibility index (Phi) is 6.02. The van der Waals surface area contributed by atoms with Crippen LogP contribution in [0.3, 0.4) is 0 Å². The molecule has 3 heterocycles. The quantitative estimate of drug-likeness (QED) is 0.188. The number of aliphatic hydroxyl groups is 8. The van der Waals surface area contributed by atoms with Crippen LogP contribution in [0.15, 0.2) is 12.2 Å². The first kappa shape index (κ1) is 26.5. The summed E-state index contributed by atoms with van der Waals surface area (Å²) in [7, 11) is 0. The van der Waals surface area contributed by atoms with Crippen molar-refractivity contribution in [2.75, 3.05) is 19.8 Å². The highest BCUT2D eigenvalue weighted by atomic mass is 16.7. The van der Waals surface area contributed by atoms with Gasteiger partial charge in [0.15, 0.2) is 6.29 Å². The highest BCUT2D eigenvalue weighted by Gasteiger charge is 2.83. The van der Waals surface area contributed by atoms with E-state index in [9.17, 15) is 40.9 Å². The van der Waals surface area contributed by atoms with Gasteiger partial charge in [0.05, 0.1) is 37.4 Å². The second kappa shape index (κ2) is 8.40. The second-order valence-corrected chi connectivity index (χ2v) is 12.8. The Labute approximate surface area is 215 Å². The molecule has 2 spiro atoms. The van der Waals surface area contributed by atoms with E-state index in [-0.39, 0.29) is 25.0 Å². The molecule has 11 heteroatoms. The smallest absolute Gasteiger partial charge is 0.201 e. The van der Waals surface area contributed by atoms with Crippen LogP contribution in [0.2, 0.25) is 0 Å². The van der Waals surface area contributed by atoms with Crippen molar-refractivity contribution >= 4 is 0 Å². The van der Waals surface area contributed by atoms with Crippen molar-refractivity contribution < 1.29 is 55.1 Å². The van der Waals surface area contributed by atoms with Crippen molar-refractivity contribution in [2.45, 2.75) is 93.8 Å². The van der Waals surface area contributed by atoms with Gasteiger partial charge in [0, 0.05) is 16.7 Å². The maximum atomic E-state index is 12.0. The molecule has 0 aromatic rings. The van der Waals surface area contributed by atoms with E-state index >= 15 is 0 Å². The minimum atomic E-state index is -2.04. The molecule has 4 saturated carbocycles. The van der Waals surface area contributed by atoms with E-state index in [2.05, 4.69) is 6.58 Å². The molecule has 7 fully saturated rings. The van der Waals surface area contributed by atoms with Crippen LogP contribution < -0.4 is 0 Å². The van der Waals surface area contributed by atoms with Crippen LogP contribution in [0, 0.1) is 34.0 Å². The summed E-state index contributed by atoms with van der Waals surface area (Å²) in [6.07, 6.45) is -7.68. The summed E-state index contributed by atoms with van der Waals surface area (Å²) in [4.78, 5) is 0. The first-order valence-electron chi connectivity index (χ1n) is 13.4. The number of hydrogen-bond acceptors (Lipinski definition) is 11. The Morgan fingerprint density at radius 1 is 1.03 bits per heavy atom. The Bertz CT molecular complexity index is 941. The predicted octanol–water partition coefficient (Wildman–Crippen LogP) is -2.01. The van der Waals surface area contributed by atoms with E-state index in [1.807, 2.05) is 0 Å². The van der Waals surface area contributed by atoms with Crippen LogP contribution in [-0.2, 0) is 14.2 Å². The Balaban J connectivity index is 1.35. The van der Waals surface area contributed by atoms with Crippen molar-refractivity contribution in [1.29, 1.82) is 0 Å². The third kappa shape index (κ3) is 3.05. The second-order valence-electron chi connectivity index (χ2n) is 12.8. The average molecular weight is 529 g/mol. The van der Waals surface area contributed by atoms with Crippen LogP contribution in [0.25, 0.3) is 0 Å². The molecule has 3 saturated heterocycles. The summed E-state index contributed by atoms with van der Waals surface area (Å²) < 4.78 is 17.5. The summed E-state index contributed by atoms with van der Waals surface area (Å²) in [6, 6.07) is 0. The lowest BCUT2D eigenvalue weighted by Gasteiger charge is -2.75. The number of aliphatic hydroxyl groups excluding tert-OH is 7. The van der Waals surface area contributed by atoms with Crippen molar-refractivity contribution in [3.63, 3.8) is 0 Å². The molecule has 0 amide bonds. The Hall–Kier alpha value is -0.700. The number of rotatable bonds is 4. The van der Waals surface area contributed by atoms with Crippen molar-refractivity contribution in [1.82, 2.24) is 0 Å². The SMILES string of the molecule is C=C1[C@@H]2CC[C@@H]3[C@]45CC[C@H](O)[C@@](C)(CO[C@@H]6O[C@H](CO)[C@@H](O)[C@H](O)[C@H]6O)[C@H]4[C@H](O)[C@@](O)(OC5)[C@]3(C2)[C@@H]1O. The lowest BCUT2D eigenvalue weighted by atomic mass is 9.36. The maximum absolute atomic E-state index is 12.0. The van der Waals surface area contributed by atoms with Gasteiger partial charge in [-0.05, 0) is 49.5 Å². The van der Waals surface area contributed by atoms with E-state index in [0.717, 1.165) is 12.8 Å². The van der Waals surface area contributed by atoms with E-state index in [0.29, 0.717) is 24.8 Å². The average Bonchev–Trinajstić information content (AvgIpc) is 3.07. The monoisotopic (exact) mass is 528 g/mol. The molecule has 15 atom stereocenters. The van der Waals surface area contributed by atoms with E-state index in [4.69, 9.17) is 14.2 Å². The molecule has 0 aromatic heterocycles.